The van der Waals surface area contributed by atoms with Gasteiger partial charge in [0.1, 0.15) is 5.82 Å². The van der Waals surface area contributed by atoms with Gasteiger partial charge in [-0.1, -0.05) is 55.5 Å². The highest BCUT2D eigenvalue weighted by atomic mass is 19.1. The van der Waals surface area contributed by atoms with Crippen molar-refractivity contribution in [2.75, 3.05) is 90.9 Å². The maximum absolute atomic E-state index is 15.0. The number of nitrogens with one attached hydrogen (secondary N) is 2. The number of aromatic amines is 1. The lowest BCUT2D eigenvalue weighted by atomic mass is 9.95. The predicted molar refractivity (Wildman–Crippen MR) is 234 cm³/mol. The molecule has 2 N–H and O–H groups in total. The molecule has 0 saturated carbocycles. The molecule has 2 aromatic heterocycles. The Hall–Kier alpha value is -5.99. The molecule has 3 aromatic carbocycles. The van der Waals surface area contributed by atoms with E-state index in [-0.39, 0.29) is 22.9 Å². The van der Waals surface area contributed by atoms with Crippen LogP contribution in [0.1, 0.15) is 57.4 Å². The molecule has 3 amide bonds. The number of benzene rings is 3. The van der Waals surface area contributed by atoms with Crippen LogP contribution in [0.25, 0.3) is 21.9 Å². The number of hydrogen-bond acceptors (Lipinski definition) is 9. The molecule has 0 atom stereocenters. The molecule has 0 radical (unpaired) electrons. The number of carbonyl (C=O) groups excluding carboxylic acids is 3. The lowest BCUT2D eigenvalue weighted by Crippen LogP contribution is -2.55. The minimum Gasteiger partial charge on any atom is -0.386 e. The van der Waals surface area contributed by atoms with Crippen LogP contribution in [0.4, 0.5) is 10.1 Å². The molecule has 0 bridgehead atoms. The van der Waals surface area contributed by atoms with Gasteiger partial charge < -0.3 is 24.9 Å². The van der Waals surface area contributed by atoms with Gasteiger partial charge in [-0.05, 0) is 66.1 Å². The van der Waals surface area contributed by atoms with Crippen LogP contribution in [0.5, 0.6) is 0 Å². The number of hydrogen-bond donors (Lipinski definition) is 2. The number of aryl methyl sites for hydroxylation is 1. The number of likely N-dealkylation sites (tertiary alicyclic amines) is 1. The summed E-state index contributed by atoms with van der Waals surface area (Å²) in [4.78, 5) is 67.4. The number of nitrogens with zero attached hydrogens (tertiary/aromatic N) is 7. The zero-order valence-corrected chi connectivity index (χ0v) is 35.0. The van der Waals surface area contributed by atoms with Crippen molar-refractivity contribution < 1.29 is 18.8 Å². The van der Waals surface area contributed by atoms with E-state index in [1.807, 2.05) is 30.1 Å². The van der Waals surface area contributed by atoms with Crippen LogP contribution in [0.2, 0.25) is 0 Å². The Kier molecular flexibility index (Phi) is 12.8. The normalized spacial score (nSPS) is 16.9. The fraction of sp³-hybridized carbons (Fsp3) is 0.404. The summed E-state index contributed by atoms with van der Waals surface area (Å²) in [5.41, 5.74) is 5.58. The van der Waals surface area contributed by atoms with E-state index in [1.54, 1.807) is 40.3 Å². The molecule has 3 aliphatic heterocycles. The number of anilines is 1. The monoisotopic (exact) mass is 827 g/mol. The molecular weight excluding hydrogens is 774 g/mol. The zero-order chi connectivity index (χ0) is 42.5. The third-order valence-corrected chi connectivity index (χ3v) is 12.6. The second-order valence-electron chi connectivity index (χ2n) is 16.4. The summed E-state index contributed by atoms with van der Waals surface area (Å²) in [5, 5.41) is 11.2. The van der Waals surface area contributed by atoms with Crippen molar-refractivity contribution in [3.05, 3.63) is 123 Å². The third-order valence-electron chi connectivity index (χ3n) is 12.6. The molecule has 3 saturated heterocycles. The Balaban J connectivity index is 0.762. The summed E-state index contributed by atoms with van der Waals surface area (Å²) in [6.45, 7) is 9.68. The van der Waals surface area contributed by atoms with Crippen LogP contribution >= 0.6 is 0 Å². The standard InChI is InChI=1S/C47H54FN9O4/c1-3-32-7-6-8-35(25-32)36-28-42(49-2)44(50-29-36)47(61)56-15-13-33(14-16-56)30-53-17-19-54(20-18-53)31-43(58)55-21-23-57(24-22-55)46(60)39-26-34(11-12-40(39)48)27-41-37-9-4-5-10-38(37)45(59)52-51-41/h4-12,25-26,28-29,33,49H,3,13-24,27,30-31H2,1-2H3,(H,52,59). The second-order valence-corrected chi connectivity index (χ2v) is 16.4. The van der Waals surface area contributed by atoms with Gasteiger partial charge in [-0.15, -0.1) is 0 Å². The molecule has 13 nitrogen and oxygen atoms in total. The number of piperazine rings is 2. The molecule has 0 aliphatic carbocycles. The van der Waals surface area contributed by atoms with E-state index in [2.05, 4.69) is 61.5 Å². The van der Waals surface area contributed by atoms with Crippen molar-refractivity contribution >= 4 is 34.2 Å². The van der Waals surface area contributed by atoms with E-state index in [1.165, 1.54) is 11.6 Å². The van der Waals surface area contributed by atoms with Crippen molar-refractivity contribution in [1.82, 2.24) is 39.7 Å². The van der Waals surface area contributed by atoms with Crippen LogP contribution in [-0.4, -0.2) is 143 Å². The Morgan fingerprint density at radius 3 is 2.20 bits per heavy atom. The maximum atomic E-state index is 15.0. The van der Waals surface area contributed by atoms with Crippen LogP contribution < -0.4 is 10.9 Å². The molecule has 5 heterocycles. The lowest BCUT2D eigenvalue weighted by Gasteiger charge is -2.40. The summed E-state index contributed by atoms with van der Waals surface area (Å²) >= 11 is 0. The minimum absolute atomic E-state index is 0.0151. The van der Waals surface area contributed by atoms with Gasteiger partial charge >= 0.3 is 0 Å². The van der Waals surface area contributed by atoms with E-state index in [9.17, 15) is 19.2 Å². The summed E-state index contributed by atoms with van der Waals surface area (Å²) < 4.78 is 15.0. The number of rotatable bonds is 11. The van der Waals surface area contributed by atoms with Crippen LogP contribution in [0.15, 0.2) is 83.8 Å². The Morgan fingerprint density at radius 2 is 1.46 bits per heavy atom. The van der Waals surface area contributed by atoms with Gasteiger partial charge in [0.2, 0.25) is 5.91 Å². The van der Waals surface area contributed by atoms with Crippen molar-refractivity contribution in [3.63, 3.8) is 0 Å². The van der Waals surface area contributed by atoms with Crippen molar-refractivity contribution in [1.29, 1.82) is 0 Å². The summed E-state index contributed by atoms with van der Waals surface area (Å²) in [6.07, 6.45) is 4.97. The molecule has 8 rings (SSSR count). The number of carbonyl (C=O) groups is 3. The zero-order valence-electron chi connectivity index (χ0n) is 35.0. The Morgan fingerprint density at radius 1 is 0.754 bits per heavy atom. The Labute approximate surface area is 355 Å². The smallest absolute Gasteiger partial charge is 0.274 e. The molecule has 3 fully saturated rings. The van der Waals surface area contributed by atoms with Gasteiger partial charge in [-0.25, -0.2) is 14.5 Å². The van der Waals surface area contributed by atoms with Crippen molar-refractivity contribution in [2.45, 2.75) is 32.6 Å². The molecule has 3 aliphatic rings. The Bertz CT molecular complexity index is 2450. The highest BCUT2D eigenvalue weighted by molar-refractivity contribution is 5.98. The number of piperidine rings is 1. The molecule has 14 heteroatoms. The lowest BCUT2D eigenvalue weighted by molar-refractivity contribution is -0.134. The topological polar surface area (TPSA) is 138 Å². The largest absolute Gasteiger partial charge is 0.386 e. The number of amides is 3. The third kappa shape index (κ3) is 9.50. The number of H-pyrrole nitrogens is 1. The summed E-state index contributed by atoms with van der Waals surface area (Å²) in [6, 6.07) is 22.1. The van der Waals surface area contributed by atoms with Gasteiger partial charge in [-0.2, -0.15) is 5.10 Å². The van der Waals surface area contributed by atoms with Crippen LogP contribution in [-0.2, 0) is 17.6 Å². The number of halogens is 1. The molecule has 0 spiro atoms. The van der Waals surface area contributed by atoms with Crippen molar-refractivity contribution in [2.24, 2.45) is 5.92 Å². The average Bonchev–Trinajstić information content (AvgIpc) is 3.31. The molecule has 5 aromatic rings. The van der Waals surface area contributed by atoms with Crippen LogP contribution in [0, 0.1) is 11.7 Å². The van der Waals surface area contributed by atoms with E-state index >= 15 is 4.39 Å². The van der Waals surface area contributed by atoms with Gasteiger partial charge in [-0.3, -0.25) is 24.1 Å². The first-order valence-corrected chi connectivity index (χ1v) is 21.5. The average molecular weight is 828 g/mol. The quantitative estimate of drug-likeness (QED) is 0.193. The molecule has 0 unspecified atom stereocenters. The maximum Gasteiger partial charge on any atom is 0.274 e. The SMILES string of the molecule is CCc1cccc(-c2cnc(C(=O)N3CCC(CN4CCN(CC(=O)N5CCN(C(=O)c6cc(Cc7n[nH]c(=O)c8ccccc78)ccc6F)CC5)CC4)CC3)c(NC)c2)c1. The minimum atomic E-state index is -0.599. The predicted octanol–water partition coefficient (Wildman–Crippen LogP) is 4.77. The molecular formula is C47H54FN9O4. The highest BCUT2D eigenvalue weighted by Crippen LogP contribution is 2.28. The first kappa shape index (κ1) is 41.7. The van der Waals surface area contributed by atoms with Crippen LogP contribution in [0.3, 0.4) is 0 Å². The second kappa shape index (κ2) is 18.7. The van der Waals surface area contributed by atoms with E-state index in [0.717, 1.165) is 68.8 Å². The first-order valence-electron chi connectivity index (χ1n) is 21.5. The van der Waals surface area contributed by atoms with Gasteiger partial charge in [0.25, 0.3) is 17.4 Å². The fourth-order valence-electron chi connectivity index (χ4n) is 8.88. The summed E-state index contributed by atoms with van der Waals surface area (Å²) in [7, 11) is 1.83. The molecule has 318 valence electrons. The van der Waals surface area contributed by atoms with Gasteiger partial charge in [0.05, 0.1) is 28.9 Å². The van der Waals surface area contributed by atoms with E-state index in [0.29, 0.717) is 85.9 Å². The van der Waals surface area contributed by atoms with E-state index in [4.69, 9.17) is 0 Å². The van der Waals surface area contributed by atoms with Gasteiger partial charge in [0, 0.05) is 103 Å². The number of aromatic nitrogens is 3. The summed E-state index contributed by atoms with van der Waals surface area (Å²) in [5.74, 6) is -0.487. The molecule has 61 heavy (non-hydrogen) atoms. The number of pyridine rings is 1. The first-order chi connectivity index (χ1) is 29.7. The van der Waals surface area contributed by atoms with Crippen molar-refractivity contribution in [3.8, 4) is 11.1 Å². The fourth-order valence-corrected chi connectivity index (χ4v) is 8.88. The highest BCUT2D eigenvalue weighted by Gasteiger charge is 2.31. The number of fused-ring (bicyclic) bond motifs is 1. The van der Waals surface area contributed by atoms with Gasteiger partial charge in [0.15, 0.2) is 5.69 Å². The van der Waals surface area contributed by atoms with E-state index < -0.39 is 11.7 Å².